The van der Waals surface area contributed by atoms with Crippen LogP contribution in [0.25, 0.3) is 0 Å². The van der Waals surface area contributed by atoms with Crippen molar-refractivity contribution < 1.29 is 9.53 Å². The van der Waals surface area contributed by atoms with Gasteiger partial charge in [-0.2, -0.15) is 0 Å². The molecule has 0 spiro atoms. The summed E-state index contributed by atoms with van der Waals surface area (Å²) in [6.07, 6.45) is 7.56. The van der Waals surface area contributed by atoms with Gasteiger partial charge < -0.3 is 10.1 Å². The normalized spacial score (nSPS) is 13.4. The Labute approximate surface area is 164 Å². The molecule has 0 aliphatic carbocycles. The number of unbranched alkanes of at least 4 members (excludes halogenated alkanes) is 5. The van der Waals surface area contributed by atoms with E-state index < -0.39 is 0 Å². The first-order valence-electron chi connectivity index (χ1n) is 9.44. The van der Waals surface area contributed by atoms with Gasteiger partial charge in [0.25, 0.3) is 0 Å². The summed E-state index contributed by atoms with van der Waals surface area (Å²) in [5.74, 6) is 0.284. The van der Waals surface area contributed by atoms with Crippen molar-refractivity contribution in [1.82, 2.24) is 5.32 Å². The molecule has 0 bridgehead atoms. The van der Waals surface area contributed by atoms with E-state index in [9.17, 15) is 4.79 Å². The van der Waals surface area contributed by atoms with E-state index in [0.717, 1.165) is 11.4 Å². The quantitative estimate of drug-likeness (QED) is 0.339. The standard InChI is InChI=1S/C20H35NO2S.ClH/c1-6-7-8-9-10-11-12-21-16(4)20(23-17(5)22)19-13-18(14-24-19)15(2)3;/h13-16,20-21H,6-12H2,1-5H3;1H. The summed E-state index contributed by atoms with van der Waals surface area (Å²) in [5.41, 5.74) is 1.32. The minimum Gasteiger partial charge on any atom is -0.455 e. The molecule has 0 saturated heterocycles. The number of hydrogen-bond donors (Lipinski definition) is 1. The molecule has 0 aliphatic heterocycles. The third kappa shape index (κ3) is 9.62. The first-order valence-corrected chi connectivity index (χ1v) is 10.3. The number of hydrogen-bond acceptors (Lipinski definition) is 4. The van der Waals surface area contributed by atoms with Crippen molar-refractivity contribution in [2.75, 3.05) is 6.54 Å². The number of rotatable bonds is 12. The summed E-state index contributed by atoms with van der Waals surface area (Å²) in [6.45, 7) is 11.2. The smallest absolute Gasteiger partial charge is 0.303 e. The lowest BCUT2D eigenvalue weighted by Crippen LogP contribution is -2.34. The van der Waals surface area contributed by atoms with Crippen LogP contribution in [0.2, 0.25) is 0 Å². The Morgan fingerprint density at radius 2 is 1.80 bits per heavy atom. The molecule has 0 amide bonds. The Kier molecular flexibility index (Phi) is 13.3. The van der Waals surface area contributed by atoms with Gasteiger partial charge >= 0.3 is 5.97 Å². The van der Waals surface area contributed by atoms with Gasteiger partial charge in [-0.1, -0.05) is 52.9 Å². The van der Waals surface area contributed by atoms with E-state index in [1.807, 2.05) is 0 Å². The highest BCUT2D eigenvalue weighted by atomic mass is 35.5. The van der Waals surface area contributed by atoms with Gasteiger partial charge in [-0.25, -0.2) is 0 Å². The lowest BCUT2D eigenvalue weighted by atomic mass is 10.0. The highest BCUT2D eigenvalue weighted by molar-refractivity contribution is 7.10. The zero-order valence-corrected chi connectivity index (χ0v) is 18.1. The van der Waals surface area contributed by atoms with Crippen molar-refractivity contribution in [3.05, 3.63) is 21.9 Å². The van der Waals surface area contributed by atoms with Gasteiger partial charge in [0, 0.05) is 17.8 Å². The van der Waals surface area contributed by atoms with Crippen LogP contribution in [0.15, 0.2) is 11.4 Å². The molecule has 1 rings (SSSR count). The molecular formula is C20H36ClNO2S. The fourth-order valence-corrected chi connectivity index (χ4v) is 3.95. The maximum Gasteiger partial charge on any atom is 0.303 e. The molecule has 0 aromatic carbocycles. The number of nitrogens with one attached hydrogen (secondary N) is 1. The van der Waals surface area contributed by atoms with Gasteiger partial charge in [0.15, 0.2) is 6.10 Å². The molecule has 0 aliphatic rings. The van der Waals surface area contributed by atoms with Gasteiger partial charge in [-0.15, -0.1) is 23.7 Å². The first-order chi connectivity index (χ1) is 11.5. The van der Waals surface area contributed by atoms with Crippen LogP contribution in [0.5, 0.6) is 0 Å². The van der Waals surface area contributed by atoms with Gasteiger partial charge in [-0.3, -0.25) is 4.79 Å². The van der Waals surface area contributed by atoms with Crippen LogP contribution < -0.4 is 5.32 Å². The fraction of sp³-hybridized carbons (Fsp3) is 0.750. The summed E-state index contributed by atoms with van der Waals surface area (Å²) in [7, 11) is 0. The van der Waals surface area contributed by atoms with Gasteiger partial charge in [0.2, 0.25) is 0 Å². The van der Waals surface area contributed by atoms with E-state index in [2.05, 4.69) is 44.5 Å². The zero-order valence-electron chi connectivity index (χ0n) is 16.5. The predicted octanol–water partition coefficient (Wildman–Crippen LogP) is 6.24. The van der Waals surface area contributed by atoms with Crippen LogP contribution in [0, 0.1) is 0 Å². The molecule has 146 valence electrons. The van der Waals surface area contributed by atoms with E-state index in [-0.39, 0.29) is 30.5 Å². The van der Waals surface area contributed by atoms with Gasteiger partial charge in [-0.05, 0) is 42.8 Å². The number of ether oxygens (including phenoxy) is 1. The Bertz CT molecular complexity index is 476. The van der Waals surface area contributed by atoms with Crippen molar-refractivity contribution >= 4 is 29.7 Å². The van der Waals surface area contributed by atoms with Crippen LogP contribution in [0.3, 0.4) is 0 Å². The molecule has 1 heterocycles. The van der Waals surface area contributed by atoms with Crippen molar-refractivity contribution in [3.63, 3.8) is 0 Å². The average Bonchev–Trinajstić information content (AvgIpc) is 3.01. The third-order valence-electron chi connectivity index (χ3n) is 4.33. The second-order valence-corrected chi connectivity index (χ2v) is 7.92. The second kappa shape index (κ2) is 13.6. The zero-order chi connectivity index (χ0) is 17.9. The Morgan fingerprint density at radius 3 is 2.36 bits per heavy atom. The molecule has 0 saturated carbocycles. The van der Waals surface area contributed by atoms with Crippen molar-refractivity contribution in [2.24, 2.45) is 0 Å². The minimum absolute atomic E-state index is 0. The number of thiophene rings is 1. The van der Waals surface area contributed by atoms with Crippen molar-refractivity contribution in [3.8, 4) is 0 Å². The highest BCUT2D eigenvalue weighted by Gasteiger charge is 2.24. The molecule has 2 atom stereocenters. The fourth-order valence-electron chi connectivity index (χ4n) is 2.75. The number of halogens is 1. The largest absolute Gasteiger partial charge is 0.455 e. The number of carbonyl (C=O) groups excluding carboxylic acids is 1. The minimum atomic E-state index is -0.215. The molecule has 1 N–H and O–H groups in total. The molecular weight excluding hydrogens is 354 g/mol. The molecule has 1 aromatic rings. The van der Waals surface area contributed by atoms with Crippen LogP contribution >= 0.6 is 23.7 Å². The summed E-state index contributed by atoms with van der Waals surface area (Å²) < 4.78 is 5.61. The summed E-state index contributed by atoms with van der Waals surface area (Å²) in [4.78, 5) is 12.6. The SMILES string of the molecule is CCCCCCCCNC(C)C(OC(C)=O)c1cc(C(C)C)cs1.Cl. The summed E-state index contributed by atoms with van der Waals surface area (Å²) in [6, 6.07) is 2.31. The topological polar surface area (TPSA) is 38.3 Å². The molecule has 1 aromatic heterocycles. The van der Waals surface area contributed by atoms with E-state index in [4.69, 9.17) is 4.74 Å². The summed E-state index contributed by atoms with van der Waals surface area (Å²) >= 11 is 1.69. The van der Waals surface area contributed by atoms with E-state index in [0.29, 0.717) is 5.92 Å². The maximum atomic E-state index is 11.5. The van der Waals surface area contributed by atoms with Crippen LogP contribution in [0.1, 0.15) is 95.6 Å². The third-order valence-corrected chi connectivity index (χ3v) is 5.34. The van der Waals surface area contributed by atoms with E-state index in [1.54, 1.807) is 11.3 Å². The van der Waals surface area contributed by atoms with Gasteiger partial charge in [0.1, 0.15) is 0 Å². The number of esters is 1. The molecule has 0 radical (unpaired) electrons. The van der Waals surface area contributed by atoms with Crippen LogP contribution in [-0.4, -0.2) is 18.6 Å². The molecule has 2 unspecified atom stereocenters. The van der Waals surface area contributed by atoms with Crippen LogP contribution in [-0.2, 0) is 9.53 Å². The number of carbonyl (C=O) groups is 1. The maximum absolute atomic E-state index is 11.5. The molecule has 0 fully saturated rings. The lowest BCUT2D eigenvalue weighted by Gasteiger charge is -2.24. The van der Waals surface area contributed by atoms with Gasteiger partial charge in [0.05, 0.1) is 0 Å². The average molecular weight is 390 g/mol. The van der Waals surface area contributed by atoms with Crippen LogP contribution in [0.4, 0.5) is 0 Å². The Balaban J connectivity index is 0.00000576. The Morgan fingerprint density at radius 1 is 1.16 bits per heavy atom. The lowest BCUT2D eigenvalue weighted by molar-refractivity contribution is -0.147. The molecule has 3 nitrogen and oxygen atoms in total. The molecule has 5 heteroatoms. The second-order valence-electron chi connectivity index (χ2n) is 6.98. The highest BCUT2D eigenvalue weighted by Crippen LogP contribution is 2.31. The molecule has 25 heavy (non-hydrogen) atoms. The monoisotopic (exact) mass is 389 g/mol. The Hall–Kier alpha value is -0.580. The van der Waals surface area contributed by atoms with Crippen molar-refractivity contribution in [1.29, 1.82) is 0 Å². The summed E-state index contributed by atoms with van der Waals surface area (Å²) in [5, 5.41) is 5.72. The van der Waals surface area contributed by atoms with E-state index >= 15 is 0 Å². The predicted molar refractivity (Wildman–Crippen MR) is 111 cm³/mol. The first kappa shape index (κ1) is 24.4. The van der Waals surface area contributed by atoms with E-state index in [1.165, 1.54) is 51.0 Å². The van der Waals surface area contributed by atoms with Crippen molar-refractivity contribution in [2.45, 2.75) is 91.2 Å².